The third-order valence-electron chi connectivity index (χ3n) is 5.63. The van der Waals surface area contributed by atoms with Gasteiger partial charge in [0.25, 0.3) is 0 Å². The van der Waals surface area contributed by atoms with Crippen LogP contribution in [-0.4, -0.2) is 55.6 Å². The molecule has 0 saturated carbocycles. The minimum absolute atomic E-state index is 0.0582. The van der Waals surface area contributed by atoms with E-state index in [4.69, 9.17) is 9.47 Å². The van der Waals surface area contributed by atoms with Crippen molar-refractivity contribution in [2.45, 2.75) is 19.9 Å². The summed E-state index contributed by atoms with van der Waals surface area (Å²) in [4.78, 5) is 16.9. The Morgan fingerprint density at radius 2 is 1.97 bits per heavy atom. The second kappa shape index (κ2) is 8.70. The van der Waals surface area contributed by atoms with Gasteiger partial charge in [0.1, 0.15) is 11.5 Å². The highest BCUT2D eigenvalue weighted by atomic mass is 16.5. The molecule has 2 aliphatic heterocycles. The highest BCUT2D eigenvalue weighted by Crippen LogP contribution is 2.26. The van der Waals surface area contributed by atoms with Crippen LogP contribution < -0.4 is 9.47 Å². The summed E-state index contributed by atoms with van der Waals surface area (Å²) in [5.74, 6) is 1.87. The topological polar surface area (TPSA) is 42.0 Å². The van der Waals surface area contributed by atoms with Crippen LogP contribution in [0.3, 0.4) is 0 Å². The van der Waals surface area contributed by atoms with Crippen LogP contribution in [0.4, 0.5) is 0 Å². The molecule has 0 radical (unpaired) electrons. The predicted octanol–water partition coefficient (Wildman–Crippen LogP) is 3.30. The first-order valence-corrected chi connectivity index (χ1v) is 10.2. The van der Waals surface area contributed by atoms with Gasteiger partial charge in [0.2, 0.25) is 5.91 Å². The predicted molar refractivity (Wildman–Crippen MR) is 114 cm³/mol. The summed E-state index contributed by atoms with van der Waals surface area (Å²) in [5, 5.41) is 0. The normalized spacial score (nSPS) is 16.7. The number of hydrogen-bond acceptors (Lipinski definition) is 4. The smallest absolute Gasteiger partial charge is 0.246 e. The largest absolute Gasteiger partial charge is 0.496 e. The Morgan fingerprint density at radius 3 is 2.76 bits per heavy atom. The Balaban J connectivity index is 1.31. The zero-order valence-corrected chi connectivity index (χ0v) is 17.2. The number of rotatable bonds is 5. The number of amides is 1. The zero-order valence-electron chi connectivity index (χ0n) is 17.2. The molecule has 5 heteroatoms. The summed E-state index contributed by atoms with van der Waals surface area (Å²) < 4.78 is 11.0. The number of ether oxygens (including phenoxy) is 2. The lowest BCUT2D eigenvalue weighted by Crippen LogP contribution is -2.47. The summed E-state index contributed by atoms with van der Waals surface area (Å²) >= 11 is 0. The van der Waals surface area contributed by atoms with E-state index in [1.807, 2.05) is 36.1 Å². The molecule has 4 rings (SSSR count). The lowest BCUT2D eigenvalue weighted by Gasteiger charge is -2.34. The van der Waals surface area contributed by atoms with Gasteiger partial charge in [0.15, 0.2) is 0 Å². The van der Waals surface area contributed by atoms with Crippen LogP contribution in [0.15, 0.2) is 42.5 Å². The Hall–Kier alpha value is -2.79. The van der Waals surface area contributed by atoms with Gasteiger partial charge in [0, 0.05) is 50.8 Å². The molecule has 0 spiro atoms. The quantitative estimate of drug-likeness (QED) is 0.733. The van der Waals surface area contributed by atoms with Crippen molar-refractivity contribution in [2.75, 3.05) is 39.9 Å². The number of fused-ring (bicyclic) bond motifs is 1. The first kappa shape index (κ1) is 19.5. The molecule has 0 atom stereocenters. The zero-order chi connectivity index (χ0) is 20.2. The van der Waals surface area contributed by atoms with E-state index in [9.17, 15) is 4.79 Å². The van der Waals surface area contributed by atoms with Gasteiger partial charge in [-0.15, -0.1) is 0 Å². The van der Waals surface area contributed by atoms with Crippen molar-refractivity contribution in [3.05, 3.63) is 64.7 Å². The number of carbonyl (C=O) groups is 1. The van der Waals surface area contributed by atoms with E-state index in [1.165, 1.54) is 11.1 Å². The maximum absolute atomic E-state index is 12.6. The van der Waals surface area contributed by atoms with Gasteiger partial charge in [-0.2, -0.15) is 0 Å². The van der Waals surface area contributed by atoms with Crippen LogP contribution in [0.5, 0.6) is 11.5 Å². The molecule has 0 aromatic heterocycles. The summed E-state index contributed by atoms with van der Waals surface area (Å²) in [6.45, 7) is 7.03. The summed E-state index contributed by atoms with van der Waals surface area (Å²) in [6, 6.07) is 12.5. The van der Waals surface area contributed by atoms with Gasteiger partial charge >= 0.3 is 0 Å². The molecule has 152 valence electrons. The van der Waals surface area contributed by atoms with E-state index in [1.54, 1.807) is 13.2 Å². The average Bonchev–Trinajstić information content (AvgIpc) is 3.20. The van der Waals surface area contributed by atoms with Crippen molar-refractivity contribution in [3.63, 3.8) is 0 Å². The third kappa shape index (κ3) is 4.62. The number of benzene rings is 2. The Morgan fingerprint density at radius 1 is 1.14 bits per heavy atom. The molecule has 1 saturated heterocycles. The van der Waals surface area contributed by atoms with E-state index in [2.05, 4.69) is 23.1 Å². The fraction of sp³-hybridized carbons (Fsp3) is 0.375. The van der Waals surface area contributed by atoms with Crippen molar-refractivity contribution in [1.29, 1.82) is 0 Å². The van der Waals surface area contributed by atoms with Gasteiger partial charge in [-0.05, 0) is 42.3 Å². The van der Waals surface area contributed by atoms with Crippen LogP contribution in [0.2, 0.25) is 0 Å². The van der Waals surface area contributed by atoms with E-state index in [-0.39, 0.29) is 5.91 Å². The molecular formula is C24H28N2O3. The number of aryl methyl sites for hydroxylation is 1. The van der Waals surface area contributed by atoms with Crippen molar-refractivity contribution in [2.24, 2.45) is 0 Å². The summed E-state index contributed by atoms with van der Waals surface area (Å²) in [6.07, 6.45) is 4.52. The molecule has 0 aliphatic carbocycles. The molecule has 0 unspecified atom stereocenters. The first-order valence-electron chi connectivity index (χ1n) is 10.2. The summed E-state index contributed by atoms with van der Waals surface area (Å²) in [7, 11) is 1.65. The van der Waals surface area contributed by atoms with Crippen molar-refractivity contribution >= 4 is 12.0 Å². The second-order valence-corrected chi connectivity index (χ2v) is 7.72. The number of hydrogen-bond donors (Lipinski definition) is 0. The van der Waals surface area contributed by atoms with E-state index in [0.29, 0.717) is 0 Å². The minimum atomic E-state index is 0.0582. The van der Waals surface area contributed by atoms with Crippen LogP contribution in [0.1, 0.15) is 22.3 Å². The standard InChI is InChI=1S/C24H28N2O3/c1-18-3-6-22(28-2)20(15-18)5-8-24(27)26-12-10-25(11-13-26)17-19-4-7-23-21(16-19)9-14-29-23/h3-8,15-16H,9-14,17H2,1-2H3/b8-5+. The Kier molecular flexibility index (Phi) is 5.86. The molecule has 2 heterocycles. The molecule has 2 aliphatic rings. The lowest BCUT2D eigenvalue weighted by molar-refractivity contribution is -0.127. The molecule has 29 heavy (non-hydrogen) atoms. The van der Waals surface area contributed by atoms with Gasteiger partial charge in [-0.25, -0.2) is 0 Å². The molecule has 1 fully saturated rings. The van der Waals surface area contributed by atoms with Crippen LogP contribution in [-0.2, 0) is 17.8 Å². The molecule has 0 N–H and O–H groups in total. The van der Waals surface area contributed by atoms with Crippen LogP contribution in [0.25, 0.3) is 6.08 Å². The van der Waals surface area contributed by atoms with E-state index >= 15 is 0 Å². The van der Waals surface area contributed by atoms with Gasteiger partial charge < -0.3 is 14.4 Å². The molecule has 2 aromatic carbocycles. The highest BCUT2D eigenvalue weighted by Gasteiger charge is 2.20. The monoisotopic (exact) mass is 392 g/mol. The fourth-order valence-electron chi connectivity index (χ4n) is 3.97. The first-order chi connectivity index (χ1) is 14.1. The Labute approximate surface area is 172 Å². The SMILES string of the molecule is COc1ccc(C)cc1/C=C/C(=O)N1CCN(Cc2ccc3c(c2)CCO3)CC1. The maximum Gasteiger partial charge on any atom is 0.246 e. The molecule has 5 nitrogen and oxygen atoms in total. The number of carbonyl (C=O) groups excluding carboxylic acids is 1. The van der Waals surface area contributed by atoms with Crippen LogP contribution in [0, 0.1) is 6.92 Å². The minimum Gasteiger partial charge on any atom is -0.496 e. The highest BCUT2D eigenvalue weighted by molar-refractivity contribution is 5.92. The number of nitrogens with zero attached hydrogens (tertiary/aromatic N) is 2. The second-order valence-electron chi connectivity index (χ2n) is 7.72. The van der Waals surface area contributed by atoms with Gasteiger partial charge in [-0.1, -0.05) is 23.8 Å². The van der Waals surface area contributed by atoms with Gasteiger partial charge in [-0.3, -0.25) is 9.69 Å². The fourth-order valence-corrected chi connectivity index (χ4v) is 3.97. The molecule has 1 amide bonds. The van der Waals surface area contributed by atoms with Crippen molar-refractivity contribution in [3.8, 4) is 11.5 Å². The molecular weight excluding hydrogens is 364 g/mol. The average molecular weight is 392 g/mol. The third-order valence-corrected chi connectivity index (χ3v) is 5.63. The van der Waals surface area contributed by atoms with Gasteiger partial charge in [0.05, 0.1) is 13.7 Å². The van der Waals surface area contributed by atoms with Crippen molar-refractivity contribution in [1.82, 2.24) is 9.80 Å². The van der Waals surface area contributed by atoms with Crippen LogP contribution >= 0.6 is 0 Å². The van der Waals surface area contributed by atoms with E-state index < -0.39 is 0 Å². The maximum atomic E-state index is 12.6. The summed E-state index contributed by atoms with van der Waals surface area (Å²) in [5.41, 5.74) is 4.71. The van der Waals surface area contributed by atoms with Crippen molar-refractivity contribution < 1.29 is 14.3 Å². The molecule has 0 bridgehead atoms. The Bertz CT molecular complexity index is 914. The lowest BCUT2D eigenvalue weighted by atomic mass is 10.1. The number of methoxy groups -OCH3 is 1. The molecule has 2 aromatic rings. The number of piperazine rings is 1. The van der Waals surface area contributed by atoms with E-state index in [0.717, 1.165) is 68.4 Å².